The number of aryl methyl sites for hydroxylation is 1. The van der Waals surface area contributed by atoms with Gasteiger partial charge in [-0.2, -0.15) is 0 Å². The summed E-state index contributed by atoms with van der Waals surface area (Å²) >= 11 is 0. The van der Waals surface area contributed by atoms with Crippen molar-refractivity contribution in [3.8, 4) is 22.6 Å². The Morgan fingerprint density at radius 1 is 1.05 bits per heavy atom. The molecular weight excluding hydrogens is 267 g/mol. The summed E-state index contributed by atoms with van der Waals surface area (Å²) in [4.78, 5) is 19.1. The van der Waals surface area contributed by atoms with E-state index in [0.29, 0.717) is 17.1 Å². The van der Waals surface area contributed by atoms with E-state index in [4.69, 9.17) is 0 Å². The van der Waals surface area contributed by atoms with Crippen LogP contribution in [0.1, 0.15) is 5.56 Å². The molecule has 0 amide bonds. The van der Waals surface area contributed by atoms with E-state index in [-0.39, 0.29) is 11.4 Å². The van der Waals surface area contributed by atoms with Crippen LogP contribution < -0.4 is 5.56 Å². The fraction of sp³-hybridized carbons (Fsp3) is 0.0588. The normalized spacial score (nSPS) is 10.6. The minimum absolute atomic E-state index is 0.234. The average Bonchev–Trinajstić information content (AvgIpc) is 2.47. The van der Waals surface area contributed by atoms with Crippen molar-refractivity contribution in [3.63, 3.8) is 0 Å². The molecule has 0 radical (unpaired) electrons. The largest absolute Gasteiger partial charge is 0.306 e. The topological polar surface area (TPSA) is 45.8 Å². The molecule has 0 spiro atoms. The molecule has 1 heterocycles. The van der Waals surface area contributed by atoms with Crippen molar-refractivity contribution in [2.24, 2.45) is 0 Å². The van der Waals surface area contributed by atoms with Gasteiger partial charge in [0.15, 0.2) is 0 Å². The van der Waals surface area contributed by atoms with Crippen molar-refractivity contribution in [2.45, 2.75) is 6.92 Å². The molecule has 21 heavy (non-hydrogen) atoms. The highest BCUT2D eigenvalue weighted by molar-refractivity contribution is 5.65. The van der Waals surface area contributed by atoms with Gasteiger partial charge in [-0.25, -0.2) is 9.37 Å². The minimum Gasteiger partial charge on any atom is -0.306 e. The Labute approximate surface area is 121 Å². The van der Waals surface area contributed by atoms with Gasteiger partial charge in [0.1, 0.15) is 11.6 Å². The van der Waals surface area contributed by atoms with Crippen LogP contribution in [0.2, 0.25) is 0 Å². The number of benzene rings is 2. The molecule has 0 aliphatic heterocycles. The van der Waals surface area contributed by atoms with Crippen LogP contribution in [0.15, 0.2) is 59.4 Å². The van der Waals surface area contributed by atoms with Crippen LogP contribution in [0.5, 0.6) is 0 Å². The summed E-state index contributed by atoms with van der Waals surface area (Å²) in [6.45, 7) is 1.79. The van der Waals surface area contributed by atoms with Gasteiger partial charge in [-0.1, -0.05) is 30.3 Å². The third-order valence-electron chi connectivity index (χ3n) is 3.25. The predicted octanol–water partition coefficient (Wildman–Crippen LogP) is 3.55. The number of rotatable bonds is 2. The monoisotopic (exact) mass is 280 g/mol. The standard InChI is InChI=1S/C17H13FN2O/c1-11-9-13(18)7-8-14(11)17-19-15(10-16(21)20-17)12-5-3-2-4-6-12/h2-10H,1H3,(H,19,20,21). The van der Waals surface area contributed by atoms with E-state index in [1.807, 2.05) is 30.3 Å². The van der Waals surface area contributed by atoms with Crippen LogP contribution >= 0.6 is 0 Å². The Bertz CT molecular complexity index is 841. The average molecular weight is 280 g/mol. The van der Waals surface area contributed by atoms with Crippen molar-refractivity contribution in [2.75, 3.05) is 0 Å². The SMILES string of the molecule is Cc1cc(F)ccc1-c1nc(-c2ccccc2)cc(=O)[nH]1. The third kappa shape index (κ3) is 2.74. The van der Waals surface area contributed by atoms with Gasteiger partial charge in [0.2, 0.25) is 0 Å². The van der Waals surface area contributed by atoms with Crippen molar-refractivity contribution in [1.82, 2.24) is 9.97 Å². The first-order chi connectivity index (χ1) is 10.1. The molecule has 1 aromatic heterocycles. The molecule has 0 fully saturated rings. The first-order valence-corrected chi connectivity index (χ1v) is 6.57. The lowest BCUT2D eigenvalue weighted by molar-refractivity contribution is 0.627. The molecule has 0 aliphatic carbocycles. The molecule has 0 bridgehead atoms. The lowest BCUT2D eigenvalue weighted by atomic mass is 10.1. The lowest BCUT2D eigenvalue weighted by Gasteiger charge is -2.07. The van der Waals surface area contributed by atoms with Crippen molar-refractivity contribution < 1.29 is 4.39 Å². The zero-order valence-corrected chi connectivity index (χ0v) is 11.4. The van der Waals surface area contributed by atoms with Gasteiger partial charge in [-0.15, -0.1) is 0 Å². The molecule has 3 nitrogen and oxygen atoms in total. The Morgan fingerprint density at radius 3 is 2.52 bits per heavy atom. The Balaban J connectivity index is 2.16. The fourth-order valence-corrected chi connectivity index (χ4v) is 2.23. The molecule has 3 aromatic rings. The van der Waals surface area contributed by atoms with Crippen molar-refractivity contribution >= 4 is 0 Å². The van der Waals surface area contributed by atoms with E-state index in [1.54, 1.807) is 13.0 Å². The van der Waals surface area contributed by atoms with Gasteiger partial charge >= 0.3 is 0 Å². The number of aromatic nitrogens is 2. The zero-order chi connectivity index (χ0) is 14.8. The maximum atomic E-state index is 13.2. The molecule has 0 saturated heterocycles. The summed E-state index contributed by atoms with van der Waals surface area (Å²) in [6, 6.07) is 15.3. The minimum atomic E-state index is -0.308. The molecule has 0 aliphatic rings. The van der Waals surface area contributed by atoms with Crippen LogP contribution in [-0.4, -0.2) is 9.97 Å². The fourth-order valence-electron chi connectivity index (χ4n) is 2.23. The van der Waals surface area contributed by atoms with E-state index in [1.165, 1.54) is 18.2 Å². The van der Waals surface area contributed by atoms with Gasteiger partial charge in [0, 0.05) is 17.2 Å². The number of aromatic amines is 1. The number of nitrogens with one attached hydrogen (secondary N) is 1. The summed E-state index contributed by atoms with van der Waals surface area (Å²) in [5.74, 6) is 0.136. The van der Waals surface area contributed by atoms with Crippen LogP contribution in [0.3, 0.4) is 0 Å². The molecule has 3 rings (SSSR count). The molecule has 0 unspecified atom stereocenters. The van der Waals surface area contributed by atoms with Crippen LogP contribution in [0.4, 0.5) is 4.39 Å². The summed E-state index contributed by atoms with van der Waals surface area (Å²) in [5.41, 5.74) is 2.67. The van der Waals surface area contributed by atoms with Gasteiger partial charge in [-0.3, -0.25) is 4.79 Å². The Kier molecular flexibility index (Phi) is 3.36. The second kappa shape index (κ2) is 5.32. The van der Waals surface area contributed by atoms with Gasteiger partial charge in [-0.05, 0) is 30.7 Å². The van der Waals surface area contributed by atoms with Crippen molar-refractivity contribution in [3.05, 3.63) is 76.3 Å². The number of hydrogen-bond acceptors (Lipinski definition) is 2. The molecule has 4 heteroatoms. The zero-order valence-electron chi connectivity index (χ0n) is 11.4. The molecule has 2 aromatic carbocycles. The van der Waals surface area contributed by atoms with E-state index in [0.717, 1.165) is 11.1 Å². The highest BCUT2D eigenvalue weighted by Crippen LogP contribution is 2.22. The number of H-pyrrole nitrogens is 1. The van der Waals surface area contributed by atoms with E-state index in [2.05, 4.69) is 9.97 Å². The van der Waals surface area contributed by atoms with E-state index in [9.17, 15) is 9.18 Å². The van der Waals surface area contributed by atoms with Crippen LogP contribution in [0.25, 0.3) is 22.6 Å². The first-order valence-electron chi connectivity index (χ1n) is 6.57. The van der Waals surface area contributed by atoms with Crippen LogP contribution in [-0.2, 0) is 0 Å². The molecular formula is C17H13FN2O. The van der Waals surface area contributed by atoms with E-state index < -0.39 is 0 Å². The van der Waals surface area contributed by atoms with Crippen molar-refractivity contribution in [1.29, 1.82) is 0 Å². The molecule has 0 saturated carbocycles. The highest BCUT2D eigenvalue weighted by atomic mass is 19.1. The van der Waals surface area contributed by atoms with Crippen LogP contribution in [0, 0.1) is 12.7 Å². The molecule has 104 valence electrons. The maximum Gasteiger partial charge on any atom is 0.251 e. The lowest BCUT2D eigenvalue weighted by Crippen LogP contribution is -2.09. The summed E-state index contributed by atoms with van der Waals surface area (Å²) < 4.78 is 13.2. The molecule has 0 atom stereocenters. The summed E-state index contributed by atoms with van der Waals surface area (Å²) in [5, 5.41) is 0. The number of nitrogens with zero attached hydrogens (tertiary/aromatic N) is 1. The van der Waals surface area contributed by atoms with E-state index >= 15 is 0 Å². The Hall–Kier alpha value is -2.75. The third-order valence-corrected chi connectivity index (χ3v) is 3.25. The summed E-state index contributed by atoms with van der Waals surface area (Å²) in [7, 11) is 0. The van der Waals surface area contributed by atoms with Gasteiger partial charge in [0.05, 0.1) is 5.69 Å². The van der Waals surface area contributed by atoms with Gasteiger partial charge < -0.3 is 4.98 Å². The smallest absolute Gasteiger partial charge is 0.251 e. The number of hydrogen-bond donors (Lipinski definition) is 1. The number of halogens is 1. The predicted molar refractivity (Wildman–Crippen MR) is 80.4 cm³/mol. The Morgan fingerprint density at radius 2 is 1.81 bits per heavy atom. The second-order valence-electron chi connectivity index (χ2n) is 4.80. The van der Waals surface area contributed by atoms with Gasteiger partial charge in [0.25, 0.3) is 5.56 Å². The first kappa shape index (κ1) is 13.2. The summed E-state index contributed by atoms with van der Waals surface area (Å²) in [6.07, 6.45) is 0. The molecule has 1 N–H and O–H groups in total. The maximum absolute atomic E-state index is 13.2. The quantitative estimate of drug-likeness (QED) is 0.780. The highest BCUT2D eigenvalue weighted by Gasteiger charge is 2.08. The second-order valence-corrected chi connectivity index (χ2v) is 4.80.